The summed E-state index contributed by atoms with van der Waals surface area (Å²) in [5.74, 6) is -0.756. The maximum Gasteiger partial charge on any atom is 0.331 e. The first-order chi connectivity index (χ1) is 9.63. The lowest BCUT2D eigenvalue weighted by Gasteiger charge is -2.07. The number of carboxylic acids is 1. The van der Waals surface area contributed by atoms with Crippen molar-refractivity contribution in [3.8, 4) is 0 Å². The minimum Gasteiger partial charge on any atom is -0.478 e. The second kappa shape index (κ2) is 13.2. The van der Waals surface area contributed by atoms with E-state index in [-0.39, 0.29) is 0 Å². The predicted octanol–water partition coefficient (Wildman–Crippen LogP) is 6.11. The van der Waals surface area contributed by atoms with Crippen LogP contribution in [0.3, 0.4) is 0 Å². The summed E-state index contributed by atoms with van der Waals surface area (Å²) >= 11 is 0. The minimum absolute atomic E-state index is 0.559. The molecule has 0 aromatic carbocycles. The normalized spacial score (nSPS) is 12.3. The summed E-state index contributed by atoms with van der Waals surface area (Å²) in [6, 6.07) is 0. The fraction of sp³-hybridized carbons (Fsp3) is 0.833. The number of carbonyl (C=O) groups is 1. The molecule has 0 fully saturated rings. The van der Waals surface area contributed by atoms with Gasteiger partial charge in [0.2, 0.25) is 0 Å². The van der Waals surface area contributed by atoms with Crippen molar-refractivity contribution in [3.63, 3.8) is 0 Å². The zero-order valence-corrected chi connectivity index (χ0v) is 13.8. The van der Waals surface area contributed by atoms with E-state index in [9.17, 15) is 4.79 Å². The van der Waals surface area contributed by atoms with Crippen LogP contribution in [0.5, 0.6) is 0 Å². The Labute approximate surface area is 125 Å². The van der Waals surface area contributed by atoms with Crippen LogP contribution < -0.4 is 0 Å². The second-order valence-electron chi connectivity index (χ2n) is 5.82. The molecule has 20 heavy (non-hydrogen) atoms. The molecule has 0 aliphatic rings. The van der Waals surface area contributed by atoms with E-state index in [1.165, 1.54) is 57.8 Å². The van der Waals surface area contributed by atoms with Crippen LogP contribution in [0.1, 0.15) is 97.8 Å². The molecule has 2 heteroatoms. The van der Waals surface area contributed by atoms with Crippen LogP contribution in [0.15, 0.2) is 11.1 Å². The summed E-state index contributed by atoms with van der Waals surface area (Å²) in [6.45, 7) is 6.04. The van der Waals surface area contributed by atoms with Crippen molar-refractivity contribution in [2.75, 3.05) is 0 Å². The van der Waals surface area contributed by atoms with Gasteiger partial charge in [-0.2, -0.15) is 0 Å². The molecule has 0 aliphatic heterocycles. The molecule has 0 aliphatic carbocycles. The van der Waals surface area contributed by atoms with Gasteiger partial charge in [0, 0.05) is 5.57 Å². The minimum atomic E-state index is -0.756. The lowest BCUT2D eigenvalue weighted by atomic mass is 9.99. The monoisotopic (exact) mass is 282 g/mol. The van der Waals surface area contributed by atoms with Gasteiger partial charge in [-0.15, -0.1) is 0 Å². The highest BCUT2D eigenvalue weighted by Gasteiger charge is 2.07. The third-order valence-electron chi connectivity index (χ3n) is 4.11. The molecular formula is C18H34O2. The van der Waals surface area contributed by atoms with E-state index in [2.05, 4.69) is 13.8 Å². The van der Waals surface area contributed by atoms with E-state index < -0.39 is 5.97 Å². The Morgan fingerprint density at radius 3 is 1.65 bits per heavy atom. The summed E-state index contributed by atoms with van der Waals surface area (Å²) in [6.07, 6.45) is 15.1. The van der Waals surface area contributed by atoms with Crippen molar-refractivity contribution in [3.05, 3.63) is 11.1 Å². The van der Waals surface area contributed by atoms with Crippen molar-refractivity contribution < 1.29 is 9.90 Å². The molecule has 0 aromatic rings. The average molecular weight is 282 g/mol. The Hall–Kier alpha value is -0.790. The van der Waals surface area contributed by atoms with E-state index in [4.69, 9.17) is 5.11 Å². The number of hydrogen-bond acceptors (Lipinski definition) is 1. The molecule has 1 N–H and O–H groups in total. The molecule has 0 saturated carbocycles. The SMILES string of the molecule is CCCCCCCCCCCCC(CC)=C(C)C(=O)O. The first-order valence-electron chi connectivity index (χ1n) is 8.55. The fourth-order valence-corrected chi connectivity index (χ4v) is 2.61. The van der Waals surface area contributed by atoms with Crippen molar-refractivity contribution in [1.29, 1.82) is 0 Å². The quantitative estimate of drug-likeness (QED) is 0.327. The van der Waals surface area contributed by atoms with E-state index in [1.807, 2.05) is 0 Å². The number of unbranched alkanes of at least 4 members (excludes halogenated alkanes) is 9. The van der Waals surface area contributed by atoms with Gasteiger partial charge >= 0.3 is 5.97 Å². The Morgan fingerprint density at radius 2 is 1.25 bits per heavy atom. The maximum absolute atomic E-state index is 10.9. The van der Waals surface area contributed by atoms with Crippen molar-refractivity contribution >= 4 is 5.97 Å². The zero-order valence-electron chi connectivity index (χ0n) is 13.8. The lowest BCUT2D eigenvalue weighted by Crippen LogP contribution is -2.01. The van der Waals surface area contributed by atoms with Crippen molar-refractivity contribution in [2.24, 2.45) is 0 Å². The van der Waals surface area contributed by atoms with Gasteiger partial charge in [-0.3, -0.25) is 0 Å². The number of rotatable bonds is 13. The summed E-state index contributed by atoms with van der Waals surface area (Å²) in [4.78, 5) is 10.9. The van der Waals surface area contributed by atoms with Gasteiger partial charge in [-0.25, -0.2) is 4.79 Å². The first-order valence-corrected chi connectivity index (χ1v) is 8.55. The molecule has 0 saturated heterocycles. The highest BCUT2D eigenvalue weighted by atomic mass is 16.4. The third-order valence-corrected chi connectivity index (χ3v) is 4.11. The van der Waals surface area contributed by atoms with Gasteiger partial charge in [0.25, 0.3) is 0 Å². The number of aliphatic carboxylic acids is 1. The molecule has 0 bridgehead atoms. The molecule has 0 atom stereocenters. The molecule has 0 heterocycles. The Morgan fingerprint density at radius 1 is 0.800 bits per heavy atom. The van der Waals surface area contributed by atoms with Crippen LogP contribution >= 0.6 is 0 Å². The molecule has 0 spiro atoms. The van der Waals surface area contributed by atoms with Crippen LogP contribution in [0.4, 0.5) is 0 Å². The van der Waals surface area contributed by atoms with Gasteiger partial charge in [-0.05, 0) is 26.2 Å². The van der Waals surface area contributed by atoms with Gasteiger partial charge in [0.1, 0.15) is 0 Å². The smallest absolute Gasteiger partial charge is 0.331 e. The highest BCUT2D eigenvalue weighted by molar-refractivity contribution is 5.86. The second-order valence-corrected chi connectivity index (χ2v) is 5.82. The van der Waals surface area contributed by atoms with E-state index >= 15 is 0 Å². The van der Waals surface area contributed by atoms with Gasteiger partial charge < -0.3 is 5.11 Å². The number of hydrogen-bond donors (Lipinski definition) is 1. The Balaban J connectivity index is 3.52. The molecule has 0 radical (unpaired) electrons. The average Bonchev–Trinajstić information content (AvgIpc) is 2.44. The molecule has 0 rings (SSSR count). The van der Waals surface area contributed by atoms with Crippen molar-refractivity contribution in [1.82, 2.24) is 0 Å². The standard InChI is InChI=1S/C18H34O2/c1-4-6-7-8-9-10-11-12-13-14-15-17(5-2)16(3)18(19)20/h4-15H2,1-3H3,(H,19,20). The summed E-state index contributed by atoms with van der Waals surface area (Å²) in [5, 5.41) is 8.99. The molecule has 2 nitrogen and oxygen atoms in total. The predicted molar refractivity (Wildman–Crippen MR) is 87.1 cm³/mol. The van der Waals surface area contributed by atoms with Gasteiger partial charge in [-0.1, -0.05) is 77.2 Å². The zero-order chi connectivity index (χ0) is 15.2. The Kier molecular flexibility index (Phi) is 12.7. The topological polar surface area (TPSA) is 37.3 Å². The number of allylic oxidation sites excluding steroid dienone is 1. The van der Waals surface area contributed by atoms with Crippen LogP contribution in [-0.4, -0.2) is 11.1 Å². The molecule has 118 valence electrons. The number of carboxylic acid groups (broad SMARTS) is 1. The fourth-order valence-electron chi connectivity index (χ4n) is 2.61. The summed E-state index contributed by atoms with van der Waals surface area (Å²) in [5.41, 5.74) is 1.68. The summed E-state index contributed by atoms with van der Waals surface area (Å²) < 4.78 is 0. The highest BCUT2D eigenvalue weighted by Crippen LogP contribution is 2.18. The largest absolute Gasteiger partial charge is 0.478 e. The summed E-state index contributed by atoms with van der Waals surface area (Å²) in [7, 11) is 0. The van der Waals surface area contributed by atoms with Crippen LogP contribution in [0, 0.1) is 0 Å². The van der Waals surface area contributed by atoms with E-state index in [0.29, 0.717) is 5.57 Å². The first kappa shape index (κ1) is 19.2. The molecule has 0 aromatic heterocycles. The van der Waals surface area contributed by atoms with Crippen LogP contribution in [0.2, 0.25) is 0 Å². The van der Waals surface area contributed by atoms with E-state index in [0.717, 1.165) is 24.8 Å². The van der Waals surface area contributed by atoms with Crippen molar-refractivity contribution in [2.45, 2.75) is 97.8 Å². The van der Waals surface area contributed by atoms with E-state index in [1.54, 1.807) is 6.92 Å². The lowest BCUT2D eigenvalue weighted by molar-refractivity contribution is -0.132. The molecule has 0 unspecified atom stereocenters. The van der Waals surface area contributed by atoms with Gasteiger partial charge in [0.15, 0.2) is 0 Å². The van der Waals surface area contributed by atoms with Crippen LogP contribution in [0.25, 0.3) is 0 Å². The van der Waals surface area contributed by atoms with Crippen LogP contribution in [-0.2, 0) is 4.79 Å². The molecule has 0 amide bonds. The Bertz CT molecular complexity index is 279. The third kappa shape index (κ3) is 10.1. The van der Waals surface area contributed by atoms with Gasteiger partial charge in [0.05, 0.1) is 0 Å². The molecular weight excluding hydrogens is 248 g/mol. The maximum atomic E-state index is 10.9.